The largest absolute Gasteiger partial charge is 0.480 e. The average molecular weight is 296 g/mol. The highest BCUT2D eigenvalue weighted by molar-refractivity contribution is 7.92. The predicted octanol–water partition coefficient (Wildman–Crippen LogP) is 2.34. The molecule has 1 N–H and O–H groups in total. The van der Waals surface area contributed by atoms with Crippen LogP contribution in [0.5, 0.6) is 0 Å². The van der Waals surface area contributed by atoms with Crippen molar-refractivity contribution in [3.63, 3.8) is 0 Å². The molecule has 19 heavy (non-hydrogen) atoms. The summed E-state index contributed by atoms with van der Waals surface area (Å²) in [5.41, 5.74) is -0.991. The second-order valence-electron chi connectivity index (χ2n) is 3.80. The Kier molecular flexibility index (Phi) is 4.24. The minimum atomic E-state index is -4.57. The molecule has 0 heterocycles. The molecule has 1 unspecified atom stereocenters. The molecular weight excluding hydrogens is 285 g/mol. The SMILES string of the molecule is CCC(C(=O)O)S(=O)(=O)c1ccc(C(F)(F)F)cc1. The molecule has 0 aliphatic heterocycles. The Hall–Kier alpha value is -1.57. The Balaban J connectivity index is 3.20. The quantitative estimate of drug-likeness (QED) is 0.925. The van der Waals surface area contributed by atoms with Gasteiger partial charge in [0.05, 0.1) is 10.5 Å². The van der Waals surface area contributed by atoms with Gasteiger partial charge in [0.15, 0.2) is 15.1 Å². The van der Waals surface area contributed by atoms with Crippen LogP contribution in [-0.4, -0.2) is 24.7 Å². The molecule has 1 rings (SSSR count). The first-order chi connectivity index (χ1) is 8.60. The van der Waals surface area contributed by atoms with Crippen LogP contribution in [-0.2, 0) is 20.8 Å². The van der Waals surface area contributed by atoms with E-state index in [1.165, 1.54) is 6.92 Å². The highest BCUT2D eigenvalue weighted by Gasteiger charge is 2.34. The molecule has 1 aromatic carbocycles. The maximum Gasteiger partial charge on any atom is 0.416 e. The van der Waals surface area contributed by atoms with E-state index in [2.05, 4.69) is 0 Å². The fourth-order valence-electron chi connectivity index (χ4n) is 1.52. The zero-order valence-electron chi connectivity index (χ0n) is 9.81. The van der Waals surface area contributed by atoms with Crippen LogP contribution in [0.4, 0.5) is 13.2 Å². The molecule has 0 spiro atoms. The molecule has 1 atom stereocenters. The number of sulfone groups is 1. The van der Waals surface area contributed by atoms with Gasteiger partial charge in [0.2, 0.25) is 0 Å². The molecule has 0 amide bonds. The smallest absolute Gasteiger partial charge is 0.416 e. The normalized spacial score (nSPS) is 14.1. The third-order valence-corrected chi connectivity index (χ3v) is 4.74. The van der Waals surface area contributed by atoms with E-state index in [0.717, 1.165) is 12.1 Å². The highest BCUT2D eigenvalue weighted by atomic mass is 32.2. The van der Waals surface area contributed by atoms with Crippen LogP contribution in [0.15, 0.2) is 29.2 Å². The summed E-state index contributed by atoms with van der Waals surface area (Å²) in [5.74, 6) is -1.53. The second kappa shape index (κ2) is 5.20. The molecule has 0 bridgehead atoms. The molecule has 1 aromatic rings. The molecule has 4 nitrogen and oxygen atoms in total. The van der Waals surface area contributed by atoms with Crippen molar-refractivity contribution in [2.75, 3.05) is 0 Å². The number of hydrogen-bond acceptors (Lipinski definition) is 3. The average Bonchev–Trinajstić information content (AvgIpc) is 2.28. The van der Waals surface area contributed by atoms with Crippen LogP contribution in [0.2, 0.25) is 0 Å². The van der Waals surface area contributed by atoms with Gasteiger partial charge in [-0.1, -0.05) is 6.92 Å². The van der Waals surface area contributed by atoms with E-state index >= 15 is 0 Å². The van der Waals surface area contributed by atoms with Crippen molar-refractivity contribution < 1.29 is 31.5 Å². The van der Waals surface area contributed by atoms with Crippen molar-refractivity contribution in [1.82, 2.24) is 0 Å². The van der Waals surface area contributed by atoms with Crippen LogP contribution < -0.4 is 0 Å². The number of hydrogen-bond donors (Lipinski definition) is 1. The topological polar surface area (TPSA) is 71.4 Å². The highest BCUT2D eigenvalue weighted by Crippen LogP contribution is 2.30. The van der Waals surface area contributed by atoms with Crippen LogP contribution in [0.3, 0.4) is 0 Å². The van der Waals surface area contributed by atoms with E-state index in [0.29, 0.717) is 12.1 Å². The fraction of sp³-hybridized carbons (Fsp3) is 0.364. The molecule has 0 saturated heterocycles. The van der Waals surface area contributed by atoms with Gasteiger partial charge in [-0.05, 0) is 30.7 Å². The molecule has 0 fully saturated rings. The van der Waals surface area contributed by atoms with Gasteiger partial charge in [0, 0.05) is 0 Å². The lowest BCUT2D eigenvalue weighted by atomic mass is 10.2. The Morgan fingerprint density at radius 3 is 2.05 bits per heavy atom. The zero-order valence-corrected chi connectivity index (χ0v) is 10.6. The van der Waals surface area contributed by atoms with Gasteiger partial charge in [-0.25, -0.2) is 8.42 Å². The number of alkyl halides is 3. The maximum atomic E-state index is 12.3. The van der Waals surface area contributed by atoms with Gasteiger partial charge < -0.3 is 5.11 Å². The molecule has 8 heteroatoms. The van der Waals surface area contributed by atoms with Crippen LogP contribution >= 0.6 is 0 Å². The summed E-state index contributed by atoms with van der Waals surface area (Å²) < 4.78 is 60.8. The summed E-state index contributed by atoms with van der Waals surface area (Å²) in [6.07, 6.45) is -4.74. The third kappa shape index (κ3) is 3.25. The summed E-state index contributed by atoms with van der Waals surface area (Å²) in [5, 5.41) is 7.13. The summed E-state index contributed by atoms with van der Waals surface area (Å²) in [4.78, 5) is 10.4. The molecule has 0 aliphatic rings. The van der Waals surface area contributed by atoms with E-state index in [4.69, 9.17) is 5.11 Å². The number of carboxylic acid groups (broad SMARTS) is 1. The minimum Gasteiger partial charge on any atom is -0.480 e. The van der Waals surface area contributed by atoms with Gasteiger partial charge in [0.1, 0.15) is 0 Å². The van der Waals surface area contributed by atoms with Crippen molar-refractivity contribution in [1.29, 1.82) is 0 Å². The maximum absolute atomic E-state index is 12.3. The van der Waals surface area contributed by atoms with Gasteiger partial charge in [-0.15, -0.1) is 0 Å². The first kappa shape index (κ1) is 15.5. The molecule has 106 valence electrons. The summed E-state index contributed by atoms with van der Waals surface area (Å²) in [6, 6.07) is 2.76. The van der Waals surface area contributed by atoms with E-state index in [9.17, 15) is 26.4 Å². The van der Waals surface area contributed by atoms with E-state index in [-0.39, 0.29) is 6.42 Å². The van der Waals surface area contributed by atoms with Crippen molar-refractivity contribution in [2.24, 2.45) is 0 Å². The lowest BCUT2D eigenvalue weighted by molar-refractivity contribution is -0.138. The van der Waals surface area contributed by atoms with Gasteiger partial charge in [0.25, 0.3) is 0 Å². The Labute approximate surface area is 107 Å². The van der Waals surface area contributed by atoms with Gasteiger partial charge in [-0.3, -0.25) is 4.79 Å². The van der Waals surface area contributed by atoms with Crippen molar-refractivity contribution >= 4 is 15.8 Å². The lowest BCUT2D eigenvalue weighted by Crippen LogP contribution is -2.29. The fourth-order valence-corrected chi connectivity index (χ4v) is 3.07. The first-order valence-electron chi connectivity index (χ1n) is 5.24. The summed E-state index contributed by atoms with van der Waals surface area (Å²) in [6.45, 7) is 1.38. The van der Waals surface area contributed by atoms with Crippen molar-refractivity contribution in [3.8, 4) is 0 Å². The van der Waals surface area contributed by atoms with E-state index < -0.39 is 37.7 Å². The minimum absolute atomic E-state index is 0.168. The summed E-state index contributed by atoms with van der Waals surface area (Å²) >= 11 is 0. The summed E-state index contributed by atoms with van der Waals surface area (Å²) in [7, 11) is -4.18. The molecule has 0 aliphatic carbocycles. The van der Waals surface area contributed by atoms with Crippen molar-refractivity contribution in [2.45, 2.75) is 29.7 Å². The molecular formula is C11H11F3O4S. The number of halogens is 3. The lowest BCUT2D eigenvalue weighted by Gasteiger charge is -2.12. The predicted molar refractivity (Wildman–Crippen MR) is 60.3 cm³/mol. The van der Waals surface area contributed by atoms with Crippen LogP contribution in [0.1, 0.15) is 18.9 Å². The first-order valence-corrected chi connectivity index (χ1v) is 6.79. The number of benzene rings is 1. The van der Waals surface area contributed by atoms with Crippen LogP contribution in [0, 0.1) is 0 Å². The van der Waals surface area contributed by atoms with Gasteiger partial charge >= 0.3 is 12.1 Å². The van der Waals surface area contributed by atoms with E-state index in [1.807, 2.05) is 0 Å². The number of carbonyl (C=O) groups is 1. The van der Waals surface area contributed by atoms with Gasteiger partial charge in [-0.2, -0.15) is 13.2 Å². The monoisotopic (exact) mass is 296 g/mol. The Morgan fingerprint density at radius 2 is 1.74 bits per heavy atom. The number of rotatable bonds is 4. The number of carboxylic acids is 1. The Bertz CT molecular complexity index is 561. The second-order valence-corrected chi connectivity index (χ2v) is 5.93. The Morgan fingerprint density at radius 1 is 1.26 bits per heavy atom. The van der Waals surface area contributed by atoms with E-state index in [1.54, 1.807) is 0 Å². The zero-order chi connectivity index (χ0) is 14.8. The molecule has 0 saturated carbocycles. The van der Waals surface area contributed by atoms with Crippen LogP contribution in [0.25, 0.3) is 0 Å². The van der Waals surface area contributed by atoms with Crippen molar-refractivity contribution in [3.05, 3.63) is 29.8 Å². The number of aliphatic carboxylic acids is 1. The molecule has 0 aromatic heterocycles. The molecule has 0 radical (unpaired) electrons. The standard InChI is InChI=1S/C11H11F3O4S/c1-2-9(10(15)16)19(17,18)8-5-3-7(4-6-8)11(12,13)14/h3-6,9H,2H2,1H3,(H,15,16). The third-order valence-electron chi connectivity index (χ3n) is 2.53.